The molecule has 0 saturated carbocycles. The average Bonchev–Trinajstić information content (AvgIpc) is 2.95. The van der Waals surface area contributed by atoms with Crippen molar-refractivity contribution >= 4 is 0 Å². The molecule has 0 aliphatic carbocycles. The number of nitrogens with one attached hydrogen (secondary N) is 1. The molecular formula is C18H26N2O. The SMILES string of the molecule is C=CCOc1ccc(CNC2CCN3CCCCC23)cc1. The van der Waals surface area contributed by atoms with Crippen LogP contribution in [-0.4, -0.2) is 36.7 Å². The van der Waals surface area contributed by atoms with Crippen LogP contribution in [0.1, 0.15) is 31.2 Å². The molecule has 0 spiro atoms. The maximum atomic E-state index is 5.51. The minimum Gasteiger partial charge on any atom is -0.490 e. The summed E-state index contributed by atoms with van der Waals surface area (Å²) in [5.74, 6) is 0.915. The van der Waals surface area contributed by atoms with E-state index < -0.39 is 0 Å². The van der Waals surface area contributed by atoms with E-state index in [0.29, 0.717) is 12.6 Å². The van der Waals surface area contributed by atoms with Gasteiger partial charge >= 0.3 is 0 Å². The third-order valence-corrected chi connectivity index (χ3v) is 4.72. The fourth-order valence-corrected chi connectivity index (χ4v) is 3.59. The molecule has 0 bridgehead atoms. The summed E-state index contributed by atoms with van der Waals surface area (Å²) in [6.45, 7) is 7.76. The van der Waals surface area contributed by atoms with Gasteiger partial charge in [0, 0.05) is 25.2 Å². The van der Waals surface area contributed by atoms with Gasteiger partial charge in [0.05, 0.1) is 0 Å². The summed E-state index contributed by atoms with van der Waals surface area (Å²) in [6.07, 6.45) is 7.22. The number of fused-ring (bicyclic) bond motifs is 1. The molecule has 1 aromatic carbocycles. The summed E-state index contributed by atoms with van der Waals surface area (Å²) in [5.41, 5.74) is 1.33. The first-order chi connectivity index (χ1) is 10.4. The predicted molar refractivity (Wildman–Crippen MR) is 86.6 cm³/mol. The van der Waals surface area contributed by atoms with Crippen LogP contribution in [0.15, 0.2) is 36.9 Å². The molecule has 3 nitrogen and oxygen atoms in total. The summed E-state index contributed by atoms with van der Waals surface area (Å²) in [4.78, 5) is 2.67. The Morgan fingerprint density at radius 1 is 1.19 bits per heavy atom. The van der Waals surface area contributed by atoms with Gasteiger partial charge in [-0.3, -0.25) is 4.90 Å². The van der Waals surface area contributed by atoms with Crippen LogP contribution in [0.2, 0.25) is 0 Å². The van der Waals surface area contributed by atoms with Crippen LogP contribution in [0.5, 0.6) is 5.75 Å². The molecular weight excluding hydrogens is 260 g/mol. The van der Waals surface area contributed by atoms with Gasteiger partial charge in [-0.05, 0) is 43.5 Å². The number of hydrogen-bond acceptors (Lipinski definition) is 3. The normalized spacial score (nSPS) is 25.5. The quantitative estimate of drug-likeness (QED) is 0.814. The monoisotopic (exact) mass is 286 g/mol. The van der Waals surface area contributed by atoms with E-state index in [9.17, 15) is 0 Å². The highest BCUT2D eigenvalue weighted by atomic mass is 16.5. The Bertz CT molecular complexity index is 457. The molecule has 0 radical (unpaired) electrons. The van der Waals surface area contributed by atoms with Gasteiger partial charge in [0.25, 0.3) is 0 Å². The van der Waals surface area contributed by atoms with Crippen molar-refractivity contribution in [3.05, 3.63) is 42.5 Å². The second-order valence-corrected chi connectivity index (χ2v) is 6.12. The lowest BCUT2D eigenvalue weighted by molar-refractivity contribution is 0.180. The molecule has 2 aliphatic rings. The maximum Gasteiger partial charge on any atom is 0.119 e. The van der Waals surface area contributed by atoms with Gasteiger partial charge in [-0.2, -0.15) is 0 Å². The molecule has 0 aromatic heterocycles. The van der Waals surface area contributed by atoms with Crippen molar-refractivity contribution in [3.63, 3.8) is 0 Å². The lowest BCUT2D eigenvalue weighted by atomic mass is 9.99. The van der Waals surface area contributed by atoms with E-state index in [-0.39, 0.29) is 0 Å². The van der Waals surface area contributed by atoms with E-state index >= 15 is 0 Å². The van der Waals surface area contributed by atoms with Crippen LogP contribution in [0.25, 0.3) is 0 Å². The minimum atomic E-state index is 0.567. The Morgan fingerprint density at radius 2 is 2.05 bits per heavy atom. The van der Waals surface area contributed by atoms with Crippen LogP contribution in [-0.2, 0) is 6.54 Å². The zero-order valence-corrected chi connectivity index (χ0v) is 12.8. The van der Waals surface area contributed by atoms with E-state index in [1.807, 2.05) is 12.1 Å². The molecule has 1 aromatic rings. The van der Waals surface area contributed by atoms with Crippen molar-refractivity contribution in [2.45, 2.75) is 44.3 Å². The molecule has 3 heteroatoms. The molecule has 114 valence electrons. The molecule has 2 heterocycles. The zero-order chi connectivity index (χ0) is 14.5. The maximum absolute atomic E-state index is 5.51. The Morgan fingerprint density at radius 3 is 2.86 bits per heavy atom. The smallest absolute Gasteiger partial charge is 0.119 e. The van der Waals surface area contributed by atoms with Crippen molar-refractivity contribution in [1.82, 2.24) is 10.2 Å². The molecule has 3 rings (SSSR count). The molecule has 0 amide bonds. The molecule has 2 fully saturated rings. The third kappa shape index (κ3) is 3.66. The molecule has 2 atom stereocenters. The van der Waals surface area contributed by atoms with E-state index in [1.165, 1.54) is 44.3 Å². The summed E-state index contributed by atoms with van der Waals surface area (Å²) in [7, 11) is 0. The Labute approximate surface area is 128 Å². The van der Waals surface area contributed by atoms with Gasteiger partial charge in [-0.1, -0.05) is 31.2 Å². The predicted octanol–water partition coefficient (Wildman–Crippen LogP) is 2.97. The highest BCUT2D eigenvalue weighted by Gasteiger charge is 2.34. The average molecular weight is 286 g/mol. The Hall–Kier alpha value is -1.32. The Kier molecular flexibility index (Phi) is 4.94. The van der Waals surface area contributed by atoms with Crippen LogP contribution in [0.3, 0.4) is 0 Å². The number of hydrogen-bond donors (Lipinski definition) is 1. The largest absolute Gasteiger partial charge is 0.490 e. The fourth-order valence-electron chi connectivity index (χ4n) is 3.59. The first kappa shape index (κ1) is 14.6. The lowest BCUT2D eigenvalue weighted by Crippen LogP contribution is -2.44. The van der Waals surface area contributed by atoms with Crippen LogP contribution >= 0.6 is 0 Å². The van der Waals surface area contributed by atoms with Gasteiger partial charge in [-0.25, -0.2) is 0 Å². The summed E-state index contributed by atoms with van der Waals surface area (Å²) < 4.78 is 5.51. The van der Waals surface area contributed by atoms with Crippen molar-refractivity contribution < 1.29 is 4.74 Å². The Balaban J connectivity index is 1.49. The van der Waals surface area contributed by atoms with Crippen LogP contribution < -0.4 is 10.1 Å². The van der Waals surface area contributed by atoms with Gasteiger partial charge in [0.15, 0.2) is 0 Å². The third-order valence-electron chi connectivity index (χ3n) is 4.72. The van der Waals surface area contributed by atoms with Gasteiger partial charge in [-0.15, -0.1) is 0 Å². The van der Waals surface area contributed by atoms with Gasteiger partial charge in [0.2, 0.25) is 0 Å². The molecule has 1 N–H and O–H groups in total. The van der Waals surface area contributed by atoms with Crippen molar-refractivity contribution in [3.8, 4) is 5.75 Å². The van der Waals surface area contributed by atoms with E-state index in [0.717, 1.165) is 18.3 Å². The van der Waals surface area contributed by atoms with E-state index in [4.69, 9.17) is 4.74 Å². The lowest BCUT2D eigenvalue weighted by Gasteiger charge is -2.32. The highest BCUT2D eigenvalue weighted by Crippen LogP contribution is 2.27. The number of nitrogens with zero attached hydrogens (tertiary/aromatic N) is 1. The van der Waals surface area contributed by atoms with Crippen molar-refractivity contribution in [1.29, 1.82) is 0 Å². The summed E-state index contributed by atoms with van der Waals surface area (Å²) in [5, 5.41) is 3.76. The number of benzene rings is 1. The first-order valence-electron chi connectivity index (χ1n) is 8.17. The highest BCUT2D eigenvalue weighted by molar-refractivity contribution is 5.27. The molecule has 2 unspecified atom stereocenters. The van der Waals surface area contributed by atoms with Crippen LogP contribution in [0.4, 0.5) is 0 Å². The van der Waals surface area contributed by atoms with E-state index in [2.05, 4.69) is 28.9 Å². The van der Waals surface area contributed by atoms with Crippen molar-refractivity contribution in [2.24, 2.45) is 0 Å². The first-order valence-corrected chi connectivity index (χ1v) is 8.17. The standard InChI is InChI=1S/C18H26N2O/c1-2-13-21-16-8-6-15(7-9-16)14-19-17-10-12-20-11-4-3-5-18(17)20/h2,6-9,17-19H,1,3-5,10-14H2. The summed E-state index contributed by atoms with van der Waals surface area (Å²) in [6, 6.07) is 9.83. The molecule has 2 saturated heterocycles. The number of piperidine rings is 1. The minimum absolute atomic E-state index is 0.567. The van der Waals surface area contributed by atoms with E-state index in [1.54, 1.807) is 6.08 Å². The van der Waals surface area contributed by atoms with Gasteiger partial charge in [0.1, 0.15) is 12.4 Å². The van der Waals surface area contributed by atoms with Gasteiger partial charge < -0.3 is 10.1 Å². The second kappa shape index (κ2) is 7.10. The number of rotatable bonds is 6. The second-order valence-electron chi connectivity index (χ2n) is 6.12. The fraction of sp³-hybridized carbons (Fsp3) is 0.556. The number of ether oxygens (including phenoxy) is 1. The zero-order valence-electron chi connectivity index (χ0n) is 12.8. The topological polar surface area (TPSA) is 24.5 Å². The van der Waals surface area contributed by atoms with Crippen molar-refractivity contribution in [2.75, 3.05) is 19.7 Å². The molecule has 2 aliphatic heterocycles. The summed E-state index contributed by atoms with van der Waals surface area (Å²) >= 11 is 0. The van der Waals surface area contributed by atoms with Crippen LogP contribution in [0, 0.1) is 0 Å². The molecule has 21 heavy (non-hydrogen) atoms.